The van der Waals surface area contributed by atoms with Crippen LogP contribution in [0, 0.1) is 5.41 Å². The maximum atomic E-state index is 12.5. The molecule has 108 valence electrons. The summed E-state index contributed by atoms with van der Waals surface area (Å²) in [5, 5.41) is 10.7. The van der Waals surface area contributed by atoms with E-state index in [2.05, 4.69) is 13.8 Å². The third-order valence-corrected chi connectivity index (χ3v) is 6.67. The van der Waals surface area contributed by atoms with Crippen LogP contribution in [0.1, 0.15) is 38.0 Å². The molecular formula is C13H21NO3S2. The van der Waals surface area contributed by atoms with Gasteiger partial charge in [0.05, 0.1) is 11.5 Å². The van der Waals surface area contributed by atoms with Gasteiger partial charge in [0.25, 0.3) is 0 Å². The molecule has 1 N–H and O–H groups in total. The second-order valence-electron chi connectivity index (χ2n) is 5.83. The molecule has 19 heavy (non-hydrogen) atoms. The van der Waals surface area contributed by atoms with Crippen molar-refractivity contribution in [1.82, 2.24) is 4.31 Å². The summed E-state index contributed by atoms with van der Waals surface area (Å²) in [6.45, 7) is 5.46. The molecule has 0 atom stereocenters. The zero-order valence-corrected chi connectivity index (χ0v) is 13.1. The Morgan fingerprint density at radius 2 is 2.11 bits per heavy atom. The van der Waals surface area contributed by atoms with E-state index in [0.717, 1.165) is 19.3 Å². The van der Waals surface area contributed by atoms with Crippen LogP contribution in [-0.4, -0.2) is 30.9 Å². The molecular weight excluding hydrogens is 282 g/mol. The highest BCUT2D eigenvalue weighted by Gasteiger charge is 2.30. The van der Waals surface area contributed by atoms with Crippen molar-refractivity contribution < 1.29 is 13.5 Å². The largest absolute Gasteiger partial charge is 0.391 e. The van der Waals surface area contributed by atoms with E-state index in [0.29, 0.717) is 22.9 Å². The lowest BCUT2D eigenvalue weighted by Gasteiger charge is -2.22. The van der Waals surface area contributed by atoms with Crippen LogP contribution in [0.2, 0.25) is 0 Å². The van der Waals surface area contributed by atoms with E-state index in [1.54, 1.807) is 15.8 Å². The molecule has 6 heteroatoms. The van der Waals surface area contributed by atoms with Gasteiger partial charge in [0, 0.05) is 23.3 Å². The third kappa shape index (κ3) is 3.37. The number of nitrogens with zero attached hydrogens (tertiary/aromatic N) is 1. The molecule has 0 spiro atoms. The van der Waals surface area contributed by atoms with Crippen LogP contribution in [0.25, 0.3) is 0 Å². The Hall–Kier alpha value is -0.430. The van der Waals surface area contributed by atoms with Gasteiger partial charge < -0.3 is 5.11 Å². The molecule has 0 unspecified atom stereocenters. The first kappa shape index (κ1) is 15.0. The zero-order chi connectivity index (χ0) is 14.1. The highest BCUT2D eigenvalue weighted by molar-refractivity contribution is 7.89. The number of sulfonamides is 1. The second-order valence-corrected chi connectivity index (χ2v) is 8.76. The van der Waals surface area contributed by atoms with Crippen LogP contribution in [0.5, 0.6) is 0 Å². The summed E-state index contributed by atoms with van der Waals surface area (Å²) >= 11 is 1.29. The summed E-state index contributed by atoms with van der Waals surface area (Å²) in [6, 6.07) is 1.58. The van der Waals surface area contributed by atoms with Gasteiger partial charge in [0.15, 0.2) is 0 Å². The Labute approximate surface area is 119 Å². The Balaban J connectivity index is 2.20. The van der Waals surface area contributed by atoms with Crippen molar-refractivity contribution >= 4 is 21.4 Å². The standard InChI is InChI=1S/C13H21NO3S2/c1-13(2)4-3-6-14(7-5-13)19(16,17)12-8-11(9-15)18-10-12/h8,10,15H,3-7,9H2,1-2H3. The number of hydrogen-bond acceptors (Lipinski definition) is 4. The average molecular weight is 303 g/mol. The summed E-state index contributed by atoms with van der Waals surface area (Å²) in [4.78, 5) is 1.01. The minimum absolute atomic E-state index is 0.104. The van der Waals surface area contributed by atoms with Gasteiger partial charge in [-0.1, -0.05) is 13.8 Å². The lowest BCUT2D eigenvalue weighted by atomic mass is 9.85. The molecule has 1 aliphatic rings. The SMILES string of the molecule is CC1(C)CCCN(S(=O)(=O)c2csc(CO)c2)CC1. The first-order valence-corrected chi connectivity index (χ1v) is 8.85. The van der Waals surface area contributed by atoms with Crippen molar-refractivity contribution in [2.24, 2.45) is 5.41 Å². The van der Waals surface area contributed by atoms with E-state index in [1.165, 1.54) is 11.3 Å². The van der Waals surface area contributed by atoms with Gasteiger partial charge in [0.1, 0.15) is 0 Å². The first-order valence-electron chi connectivity index (χ1n) is 6.54. The molecule has 1 aromatic rings. The highest BCUT2D eigenvalue weighted by atomic mass is 32.2. The van der Waals surface area contributed by atoms with Crippen LogP contribution in [0.4, 0.5) is 0 Å². The van der Waals surface area contributed by atoms with Crippen LogP contribution in [0.15, 0.2) is 16.3 Å². The highest BCUT2D eigenvalue weighted by Crippen LogP contribution is 2.32. The van der Waals surface area contributed by atoms with E-state index < -0.39 is 10.0 Å². The second kappa shape index (κ2) is 5.52. The van der Waals surface area contributed by atoms with Gasteiger partial charge in [-0.25, -0.2) is 8.42 Å². The number of aliphatic hydroxyl groups is 1. The summed E-state index contributed by atoms with van der Waals surface area (Å²) in [5.74, 6) is 0. The molecule has 2 rings (SSSR count). The summed E-state index contributed by atoms with van der Waals surface area (Å²) < 4.78 is 26.7. The van der Waals surface area contributed by atoms with E-state index >= 15 is 0 Å². The van der Waals surface area contributed by atoms with Crippen molar-refractivity contribution in [2.45, 2.75) is 44.6 Å². The zero-order valence-electron chi connectivity index (χ0n) is 11.4. The Morgan fingerprint density at radius 3 is 2.74 bits per heavy atom. The van der Waals surface area contributed by atoms with Crippen molar-refractivity contribution in [3.63, 3.8) is 0 Å². The van der Waals surface area contributed by atoms with Crippen LogP contribution >= 0.6 is 11.3 Å². The molecule has 4 nitrogen and oxygen atoms in total. The fourth-order valence-corrected chi connectivity index (χ4v) is 4.97. The van der Waals surface area contributed by atoms with Crippen LogP contribution < -0.4 is 0 Å². The maximum Gasteiger partial charge on any atom is 0.243 e. The minimum Gasteiger partial charge on any atom is -0.391 e. The van der Waals surface area contributed by atoms with E-state index in [-0.39, 0.29) is 12.0 Å². The fraction of sp³-hybridized carbons (Fsp3) is 0.692. The van der Waals surface area contributed by atoms with Gasteiger partial charge >= 0.3 is 0 Å². The van der Waals surface area contributed by atoms with E-state index in [1.807, 2.05) is 0 Å². The molecule has 0 aromatic carbocycles. The van der Waals surface area contributed by atoms with Gasteiger partial charge in [-0.2, -0.15) is 4.31 Å². The number of aliphatic hydroxyl groups excluding tert-OH is 1. The predicted octanol–water partition coefficient (Wildman–Crippen LogP) is 2.44. The average Bonchev–Trinajstić information content (AvgIpc) is 2.75. The van der Waals surface area contributed by atoms with Gasteiger partial charge in [0.2, 0.25) is 10.0 Å². The number of thiophene rings is 1. The molecule has 1 fully saturated rings. The minimum atomic E-state index is -3.39. The lowest BCUT2D eigenvalue weighted by molar-refractivity contribution is 0.285. The summed E-state index contributed by atoms with van der Waals surface area (Å²) in [5.41, 5.74) is 0.217. The number of hydrogen-bond donors (Lipinski definition) is 1. The van der Waals surface area contributed by atoms with Crippen molar-refractivity contribution in [2.75, 3.05) is 13.1 Å². The topological polar surface area (TPSA) is 57.6 Å². The summed E-state index contributed by atoms with van der Waals surface area (Å²) in [7, 11) is -3.39. The van der Waals surface area contributed by atoms with Gasteiger partial charge in [-0.15, -0.1) is 11.3 Å². The molecule has 1 saturated heterocycles. The molecule has 0 amide bonds. The summed E-state index contributed by atoms with van der Waals surface area (Å²) in [6.07, 6.45) is 2.86. The third-order valence-electron chi connectivity index (χ3n) is 3.72. The Kier molecular flexibility index (Phi) is 4.35. The van der Waals surface area contributed by atoms with Crippen LogP contribution in [-0.2, 0) is 16.6 Å². The first-order chi connectivity index (χ1) is 8.85. The smallest absolute Gasteiger partial charge is 0.243 e. The van der Waals surface area contributed by atoms with Gasteiger partial charge in [-0.05, 0) is 30.7 Å². The monoisotopic (exact) mass is 303 g/mol. The fourth-order valence-electron chi connectivity index (χ4n) is 2.37. The van der Waals surface area contributed by atoms with Crippen molar-refractivity contribution in [3.05, 3.63) is 16.3 Å². The van der Waals surface area contributed by atoms with Crippen molar-refractivity contribution in [3.8, 4) is 0 Å². The molecule has 0 saturated carbocycles. The van der Waals surface area contributed by atoms with Crippen molar-refractivity contribution in [1.29, 1.82) is 0 Å². The molecule has 2 heterocycles. The normalized spacial score (nSPS) is 21.2. The molecule has 1 aliphatic heterocycles. The maximum absolute atomic E-state index is 12.5. The predicted molar refractivity (Wildman–Crippen MR) is 76.6 cm³/mol. The quantitative estimate of drug-likeness (QED) is 0.933. The molecule has 0 aliphatic carbocycles. The molecule has 0 bridgehead atoms. The number of rotatable bonds is 3. The Morgan fingerprint density at radius 1 is 1.37 bits per heavy atom. The van der Waals surface area contributed by atoms with Gasteiger partial charge in [-0.3, -0.25) is 0 Å². The molecule has 1 aromatic heterocycles. The van der Waals surface area contributed by atoms with E-state index in [9.17, 15) is 8.42 Å². The Bertz CT molecular complexity index is 534. The van der Waals surface area contributed by atoms with E-state index in [4.69, 9.17) is 5.11 Å². The lowest BCUT2D eigenvalue weighted by Crippen LogP contribution is -2.32. The molecule has 0 radical (unpaired) electrons. The van der Waals surface area contributed by atoms with Crippen LogP contribution in [0.3, 0.4) is 0 Å².